The predicted octanol–water partition coefficient (Wildman–Crippen LogP) is 3.16. The van der Waals surface area contributed by atoms with Crippen LogP contribution in [-0.4, -0.2) is 78.7 Å². The molecule has 172 valence electrons. The molecule has 2 aliphatic heterocycles. The van der Waals surface area contributed by atoms with Crippen LogP contribution in [0.15, 0.2) is 12.1 Å². The van der Waals surface area contributed by atoms with Gasteiger partial charge in [-0.15, -0.1) is 0 Å². The standard InChI is InChI=1S/C23H36N4O4/c1-15(28)17-12-18(24)20(31-5)13-19(17)25-8-6-16(7-9-25)26-10-11-27(22(29)30)21(14-26)23(2,3)4/h12-13,16,21H,6-11,14,24H2,1-5H3,(H,29,30). The summed E-state index contributed by atoms with van der Waals surface area (Å²) in [5.41, 5.74) is 7.87. The van der Waals surface area contributed by atoms with Gasteiger partial charge in [0.2, 0.25) is 0 Å². The fourth-order valence-electron chi connectivity index (χ4n) is 4.88. The fraction of sp³-hybridized carbons (Fsp3) is 0.652. The van der Waals surface area contributed by atoms with E-state index < -0.39 is 6.09 Å². The number of Topliss-reactive ketones (excluding diaryl/α,β-unsaturated/α-hetero) is 1. The second kappa shape index (κ2) is 8.94. The van der Waals surface area contributed by atoms with E-state index in [1.54, 1.807) is 25.0 Å². The Morgan fingerprint density at radius 1 is 1.13 bits per heavy atom. The Balaban J connectivity index is 1.72. The molecule has 0 spiro atoms. The van der Waals surface area contributed by atoms with Gasteiger partial charge in [-0.05, 0) is 31.2 Å². The number of ketones is 1. The number of piperazine rings is 1. The lowest BCUT2D eigenvalue weighted by Gasteiger charge is -2.49. The van der Waals surface area contributed by atoms with Crippen LogP contribution in [0.25, 0.3) is 0 Å². The van der Waals surface area contributed by atoms with E-state index in [9.17, 15) is 14.7 Å². The number of rotatable bonds is 4. The maximum Gasteiger partial charge on any atom is 0.407 e. The highest BCUT2D eigenvalue weighted by Gasteiger charge is 2.40. The summed E-state index contributed by atoms with van der Waals surface area (Å²) < 4.78 is 5.38. The van der Waals surface area contributed by atoms with Crippen molar-refractivity contribution in [2.45, 2.75) is 52.6 Å². The molecule has 1 amide bonds. The van der Waals surface area contributed by atoms with Crippen molar-refractivity contribution >= 4 is 23.3 Å². The molecule has 3 rings (SSSR count). The summed E-state index contributed by atoms with van der Waals surface area (Å²) >= 11 is 0. The van der Waals surface area contributed by atoms with Gasteiger partial charge in [-0.1, -0.05) is 20.8 Å². The molecule has 0 aromatic heterocycles. The molecule has 1 unspecified atom stereocenters. The highest BCUT2D eigenvalue weighted by molar-refractivity contribution is 6.01. The summed E-state index contributed by atoms with van der Waals surface area (Å²) in [6.07, 6.45) is 1.10. The number of nitrogen functional groups attached to an aromatic ring is 1. The Kier molecular flexibility index (Phi) is 6.69. The largest absolute Gasteiger partial charge is 0.495 e. The summed E-state index contributed by atoms with van der Waals surface area (Å²) in [5, 5.41) is 9.62. The molecule has 0 aliphatic carbocycles. The second-order valence-electron chi connectivity index (χ2n) is 9.74. The quantitative estimate of drug-likeness (QED) is 0.557. The van der Waals surface area contributed by atoms with Crippen molar-refractivity contribution < 1.29 is 19.4 Å². The minimum atomic E-state index is -0.830. The molecule has 2 aliphatic rings. The van der Waals surface area contributed by atoms with Gasteiger partial charge in [-0.3, -0.25) is 9.69 Å². The number of amides is 1. The summed E-state index contributed by atoms with van der Waals surface area (Å²) in [4.78, 5) is 30.2. The Morgan fingerprint density at radius 2 is 1.77 bits per heavy atom. The van der Waals surface area contributed by atoms with E-state index in [0.717, 1.165) is 44.7 Å². The molecule has 2 saturated heterocycles. The van der Waals surface area contributed by atoms with E-state index in [4.69, 9.17) is 10.5 Å². The van der Waals surface area contributed by atoms with Crippen LogP contribution in [0.5, 0.6) is 5.75 Å². The molecule has 0 radical (unpaired) electrons. The number of carboxylic acid groups (broad SMARTS) is 1. The molecule has 8 heteroatoms. The average molecular weight is 433 g/mol. The number of anilines is 2. The van der Waals surface area contributed by atoms with Crippen molar-refractivity contribution in [2.75, 3.05) is 50.5 Å². The van der Waals surface area contributed by atoms with Gasteiger partial charge in [0.15, 0.2) is 5.78 Å². The maximum absolute atomic E-state index is 12.2. The molecule has 1 aromatic carbocycles. The number of hydrogen-bond donors (Lipinski definition) is 2. The van der Waals surface area contributed by atoms with Gasteiger partial charge in [0.25, 0.3) is 0 Å². The first-order chi connectivity index (χ1) is 14.5. The number of piperidine rings is 1. The summed E-state index contributed by atoms with van der Waals surface area (Å²) in [7, 11) is 1.58. The average Bonchev–Trinajstić information content (AvgIpc) is 2.72. The van der Waals surface area contributed by atoms with E-state index >= 15 is 0 Å². The van der Waals surface area contributed by atoms with Crippen molar-refractivity contribution in [1.29, 1.82) is 0 Å². The lowest BCUT2D eigenvalue weighted by atomic mass is 9.83. The lowest BCUT2D eigenvalue weighted by Crippen LogP contribution is -2.62. The third-order valence-electron chi connectivity index (χ3n) is 6.71. The number of methoxy groups -OCH3 is 1. The molecule has 2 fully saturated rings. The molecule has 31 heavy (non-hydrogen) atoms. The monoisotopic (exact) mass is 432 g/mol. The number of nitrogens with zero attached hydrogens (tertiary/aromatic N) is 3. The third kappa shape index (κ3) is 4.89. The first-order valence-electron chi connectivity index (χ1n) is 11.0. The van der Waals surface area contributed by atoms with Gasteiger partial charge in [0.1, 0.15) is 5.75 Å². The van der Waals surface area contributed by atoms with Gasteiger partial charge < -0.3 is 25.4 Å². The zero-order valence-electron chi connectivity index (χ0n) is 19.4. The summed E-state index contributed by atoms with van der Waals surface area (Å²) in [5.74, 6) is 0.573. The second-order valence-corrected chi connectivity index (χ2v) is 9.74. The minimum absolute atomic E-state index is 0.00992. The van der Waals surface area contributed by atoms with Gasteiger partial charge in [0, 0.05) is 50.4 Å². The molecule has 3 N–H and O–H groups in total. The Labute approximate surface area is 184 Å². The normalized spacial score (nSPS) is 21.3. The topological polar surface area (TPSA) is 99.3 Å². The van der Waals surface area contributed by atoms with Crippen molar-refractivity contribution in [3.05, 3.63) is 17.7 Å². The summed E-state index contributed by atoms with van der Waals surface area (Å²) in [6, 6.07) is 3.96. The fourth-order valence-corrected chi connectivity index (χ4v) is 4.88. The first kappa shape index (κ1) is 23.2. The predicted molar refractivity (Wildman–Crippen MR) is 122 cm³/mol. The van der Waals surface area contributed by atoms with Crippen molar-refractivity contribution in [3.8, 4) is 5.75 Å². The molecule has 0 bridgehead atoms. The van der Waals surface area contributed by atoms with Crippen molar-refractivity contribution in [3.63, 3.8) is 0 Å². The van der Waals surface area contributed by atoms with Crippen molar-refractivity contribution in [2.24, 2.45) is 5.41 Å². The number of carbonyl (C=O) groups excluding carboxylic acids is 1. The molecule has 1 aromatic rings. The maximum atomic E-state index is 12.2. The van der Waals surface area contributed by atoms with Gasteiger partial charge in [-0.2, -0.15) is 0 Å². The molecule has 0 saturated carbocycles. The zero-order chi connectivity index (χ0) is 22.9. The number of hydrogen-bond acceptors (Lipinski definition) is 6. The lowest BCUT2D eigenvalue weighted by molar-refractivity contribution is 0.00182. The number of ether oxygens (including phenoxy) is 1. The molecular weight excluding hydrogens is 396 g/mol. The Morgan fingerprint density at radius 3 is 2.29 bits per heavy atom. The Hall–Kier alpha value is -2.48. The van der Waals surface area contributed by atoms with E-state index in [-0.39, 0.29) is 17.2 Å². The minimum Gasteiger partial charge on any atom is -0.495 e. The first-order valence-corrected chi connectivity index (χ1v) is 11.0. The van der Waals surface area contributed by atoms with E-state index in [2.05, 4.69) is 30.6 Å². The van der Waals surface area contributed by atoms with Crippen LogP contribution in [0.3, 0.4) is 0 Å². The van der Waals surface area contributed by atoms with Crippen LogP contribution in [0.2, 0.25) is 0 Å². The van der Waals surface area contributed by atoms with Crippen LogP contribution < -0.4 is 15.4 Å². The molecule has 1 atom stereocenters. The van der Waals surface area contributed by atoms with E-state index in [1.807, 2.05) is 6.07 Å². The Bertz CT molecular complexity index is 828. The third-order valence-corrected chi connectivity index (χ3v) is 6.71. The number of nitrogens with two attached hydrogens (primary N) is 1. The highest BCUT2D eigenvalue weighted by atomic mass is 16.5. The van der Waals surface area contributed by atoms with E-state index in [0.29, 0.717) is 29.6 Å². The SMILES string of the molecule is COc1cc(N2CCC(N3CCN(C(=O)O)C(C(C)(C)C)C3)CC2)c(C(C)=O)cc1N. The van der Waals surface area contributed by atoms with Gasteiger partial charge in [-0.25, -0.2) is 4.79 Å². The zero-order valence-corrected chi connectivity index (χ0v) is 19.4. The number of carbonyl (C=O) groups is 2. The molecule has 8 nitrogen and oxygen atoms in total. The van der Waals surface area contributed by atoms with Crippen LogP contribution in [-0.2, 0) is 0 Å². The van der Waals surface area contributed by atoms with Crippen LogP contribution in [0, 0.1) is 5.41 Å². The molecule has 2 heterocycles. The van der Waals surface area contributed by atoms with Crippen LogP contribution >= 0.6 is 0 Å². The van der Waals surface area contributed by atoms with Crippen LogP contribution in [0.4, 0.5) is 16.2 Å². The van der Waals surface area contributed by atoms with Crippen LogP contribution in [0.1, 0.15) is 50.9 Å². The smallest absolute Gasteiger partial charge is 0.407 e. The van der Waals surface area contributed by atoms with E-state index in [1.165, 1.54) is 0 Å². The van der Waals surface area contributed by atoms with Gasteiger partial charge >= 0.3 is 6.09 Å². The van der Waals surface area contributed by atoms with Gasteiger partial charge in [0.05, 0.1) is 24.5 Å². The molecular formula is C23H36N4O4. The van der Waals surface area contributed by atoms with Crippen molar-refractivity contribution in [1.82, 2.24) is 9.80 Å². The number of benzene rings is 1. The summed E-state index contributed by atoms with van der Waals surface area (Å²) in [6.45, 7) is 11.6. The highest BCUT2D eigenvalue weighted by Crippen LogP contribution is 2.35.